The number of piperidine rings is 1. The van der Waals surface area contributed by atoms with Crippen LogP contribution in [0.1, 0.15) is 19.3 Å². The molecule has 2 N–H and O–H groups in total. The maximum atomic E-state index is 3.28. The molecule has 9 heavy (non-hydrogen) atoms. The van der Waals surface area contributed by atoms with E-state index in [4.69, 9.17) is 0 Å². The van der Waals surface area contributed by atoms with E-state index < -0.39 is 0 Å². The van der Waals surface area contributed by atoms with Gasteiger partial charge in [0.2, 0.25) is 0 Å². The molecule has 0 saturated carbocycles. The fraction of sp³-hybridized carbons (Fsp3) is 1.00. The predicted octanol–water partition coefficient (Wildman–Crippen LogP) is 0.595. The van der Waals surface area contributed by atoms with Gasteiger partial charge in [-0.05, 0) is 40.0 Å². The van der Waals surface area contributed by atoms with E-state index in [2.05, 4.69) is 10.6 Å². The summed E-state index contributed by atoms with van der Waals surface area (Å²) in [6, 6.07) is 0. The number of nitrogens with one attached hydrogen (secondary N) is 2. The van der Waals surface area contributed by atoms with Crippen molar-refractivity contribution in [2.45, 2.75) is 19.3 Å². The van der Waals surface area contributed by atoms with Crippen LogP contribution in [0, 0.1) is 0 Å². The Kier molecular flexibility index (Phi) is 7.85. The molecule has 1 aliphatic rings. The van der Waals surface area contributed by atoms with Crippen molar-refractivity contribution >= 4 is 0 Å². The predicted molar refractivity (Wildman–Crippen MR) is 41.7 cm³/mol. The van der Waals surface area contributed by atoms with Gasteiger partial charge in [0.1, 0.15) is 0 Å². The molecule has 0 aromatic carbocycles. The lowest BCUT2D eigenvalue weighted by Crippen LogP contribution is -2.21. The van der Waals surface area contributed by atoms with Gasteiger partial charge in [-0.25, -0.2) is 0 Å². The SMILES string of the molecule is C1CCNCC1.CNC. The van der Waals surface area contributed by atoms with Gasteiger partial charge in [0.25, 0.3) is 0 Å². The number of rotatable bonds is 0. The molecule has 0 aromatic heterocycles. The molecule has 0 unspecified atom stereocenters. The second kappa shape index (κ2) is 7.92. The monoisotopic (exact) mass is 130 g/mol. The second-order valence-corrected chi connectivity index (χ2v) is 2.31. The highest BCUT2D eigenvalue weighted by Crippen LogP contribution is 1.96. The lowest BCUT2D eigenvalue weighted by atomic mass is 10.2. The molecule has 0 aromatic rings. The average Bonchev–Trinajstić information content (AvgIpc) is 1.93. The molecule has 2 heteroatoms. The van der Waals surface area contributed by atoms with Gasteiger partial charge in [0.05, 0.1) is 0 Å². The zero-order valence-electron chi connectivity index (χ0n) is 6.54. The summed E-state index contributed by atoms with van der Waals surface area (Å²) in [5.41, 5.74) is 0. The largest absolute Gasteiger partial charge is 0.323 e. The highest BCUT2D eigenvalue weighted by atomic mass is 14.9. The quantitative estimate of drug-likeness (QED) is 0.501. The Hall–Kier alpha value is -0.0800. The van der Waals surface area contributed by atoms with E-state index in [0.29, 0.717) is 0 Å². The van der Waals surface area contributed by atoms with Gasteiger partial charge in [-0.15, -0.1) is 0 Å². The second-order valence-electron chi connectivity index (χ2n) is 2.31. The van der Waals surface area contributed by atoms with E-state index in [1.807, 2.05) is 14.1 Å². The fourth-order valence-electron chi connectivity index (χ4n) is 0.802. The Bertz CT molecular complexity index is 30.7. The fourth-order valence-corrected chi connectivity index (χ4v) is 0.802. The summed E-state index contributed by atoms with van der Waals surface area (Å²) >= 11 is 0. The molecule has 0 amide bonds. The first kappa shape index (κ1) is 8.92. The summed E-state index contributed by atoms with van der Waals surface area (Å²) in [5, 5.41) is 6.03. The van der Waals surface area contributed by atoms with Crippen LogP contribution in [0.25, 0.3) is 0 Å². The van der Waals surface area contributed by atoms with Crippen LogP contribution in [-0.2, 0) is 0 Å². The van der Waals surface area contributed by atoms with E-state index in [0.717, 1.165) is 0 Å². The van der Waals surface area contributed by atoms with Crippen molar-refractivity contribution in [3.8, 4) is 0 Å². The van der Waals surface area contributed by atoms with Crippen LogP contribution < -0.4 is 10.6 Å². The summed E-state index contributed by atoms with van der Waals surface area (Å²) in [5.74, 6) is 0. The molecule has 1 fully saturated rings. The Morgan fingerprint density at radius 1 is 1.00 bits per heavy atom. The van der Waals surface area contributed by atoms with Gasteiger partial charge >= 0.3 is 0 Å². The summed E-state index contributed by atoms with van der Waals surface area (Å²) in [6.45, 7) is 2.50. The molecule has 1 aliphatic heterocycles. The lowest BCUT2D eigenvalue weighted by Gasteiger charge is -2.08. The van der Waals surface area contributed by atoms with E-state index >= 15 is 0 Å². The first-order valence-electron chi connectivity index (χ1n) is 3.71. The zero-order chi connectivity index (χ0) is 6.95. The normalized spacial score (nSPS) is 18.0. The minimum Gasteiger partial charge on any atom is -0.323 e. The van der Waals surface area contributed by atoms with E-state index in [1.165, 1.54) is 32.4 Å². The third-order valence-corrected chi connectivity index (χ3v) is 1.21. The van der Waals surface area contributed by atoms with Gasteiger partial charge in [0, 0.05) is 0 Å². The van der Waals surface area contributed by atoms with Crippen LogP contribution in [0.5, 0.6) is 0 Å². The third kappa shape index (κ3) is 7.92. The first-order valence-corrected chi connectivity index (χ1v) is 3.71. The zero-order valence-corrected chi connectivity index (χ0v) is 6.54. The van der Waals surface area contributed by atoms with Crippen molar-refractivity contribution in [1.82, 2.24) is 10.6 Å². The highest BCUT2D eigenvalue weighted by Gasteiger charge is 1.93. The van der Waals surface area contributed by atoms with E-state index in [9.17, 15) is 0 Å². The van der Waals surface area contributed by atoms with Crippen molar-refractivity contribution in [2.24, 2.45) is 0 Å². The van der Waals surface area contributed by atoms with E-state index in [1.54, 1.807) is 0 Å². The Balaban J connectivity index is 0.000000187. The van der Waals surface area contributed by atoms with Crippen LogP contribution in [-0.4, -0.2) is 27.2 Å². The molecule has 1 heterocycles. The van der Waals surface area contributed by atoms with Crippen molar-refractivity contribution in [1.29, 1.82) is 0 Å². The molecule has 1 saturated heterocycles. The molecule has 0 bridgehead atoms. The maximum Gasteiger partial charge on any atom is -0.00489 e. The molecule has 1 rings (SSSR count). The highest BCUT2D eigenvalue weighted by molar-refractivity contribution is 4.55. The van der Waals surface area contributed by atoms with Crippen molar-refractivity contribution in [3.63, 3.8) is 0 Å². The average molecular weight is 130 g/mol. The molecule has 0 radical (unpaired) electrons. The van der Waals surface area contributed by atoms with Gasteiger partial charge in [0.15, 0.2) is 0 Å². The van der Waals surface area contributed by atoms with Crippen LogP contribution in [0.3, 0.4) is 0 Å². The van der Waals surface area contributed by atoms with Crippen LogP contribution >= 0.6 is 0 Å². The maximum absolute atomic E-state index is 3.28. The van der Waals surface area contributed by atoms with Crippen molar-refractivity contribution in [2.75, 3.05) is 27.2 Å². The topological polar surface area (TPSA) is 24.1 Å². The minimum atomic E-state index is 1.25. The Morgan fingerprint density at radius 2 is 1.44 bits per heavy atom. The molecule has 0 spiro atoms. The summed E-state index contributed by atoms with van der Waals surface area (Å²) < 4.78 is 0. The molecular weight excluding hydrogens is 112 g/mol. The van der Waals surface area contributed by atoms with Gasteiger partial charge in [-0.1, -0.05) is 6.42 Å². The minimum absolute atomic E-state index is 1.25. The molecule has 2 nitrogen and oxygen atoms in total. The van der Waals surface area contributed by atoms with Crippen LogP contribution in [0.2, 0.25) is 0 Å². The number of hydrogen-bond acceptors (Lipinski definition) is 2. The number of hydrogen-bond donors (Lipinski definition) is 2. The lowest BCUT2D eigenvalue weighted by molar-refractivity contribution is 0.520. The first-order chi connectivity index (χ1) is 4.41. The standard InChI is InChI=1S/C5H11N.C2H7N/c1-2-4-6-5-3-1;1-3-2/h6H,1-5H2;3H,1-2H3. The molecule has 0 aliphatic carbocycles. The third-order valence-electron chi connectivity index (χ3n) is 1.21. The van der Waals surface area contributed by atoms with E-state index in [-0.39, 0.29) is 0 Å². The summed E-state index contributed by atoms with van der Waals surface area (Å²) in [4.78, 5) is 0. The van der Waals surface area contributed by atoms with Crippen LogP contribution in [0.15, 0.2) is 0 Å². The molecular formula is C7H18N2. The van der Waals surface area contributed by atoms with Gasteiger partial charge in [-0.2, -0.15) is 0 Å². The van der Waals surface area contributed by atoms with Gasteiger partial charge < -0.3 is 10.6 Å². The van der Waals surface area contributed by atoms with Gasteiger partial charge in [-0.3, -0.25) is 0 Å². The Morgan fingerprint density at radius 3 is 1.56 bits per heavy atom. The summed E-state index contributed by atoms with van der Waals surface area (Å²) in [6.07, 6.45) is 4.22. The van der Waals surface area contributed by atoms with Crippen molar-refractivity contribution < 1.29 is 0 Å². The Labute approximate surface area is 58.0 Å². The smallest absolute Gasteiger partial charge is 0.00489 e. The molecule has 56 valence electrons. The van der Waals surface area contributed by atoms with Crippen molar-refractivity contribution in [3.05, 3.63) is 0 Å². The van der Waals surface area contributed by atoms with Crippen LogP contribution in [0.4, 0.5) is 0 Å². The molecule has 0 atom stereocenters. The summed E-state index contributed by atoms with van der Waals surface area (Å²) in [7, 11) is 3.75.